The zero-order valence-electron chi connectivity index (χ0n) is 15.0. The molecule has 6 nitrogen and oxygen atoms in total. The second-order valence-electron chi connectivity index (χ2n) is 6.13. The molecule has 0 bridgehead atoms. The monoisotopic (exact) mass is 374 g/mol. The van der Waals surface area contributed by atoms with E-state index in [0.717, 1.165) is 38.5 Å². The average molecular weight is 375 g/mol. The lowest BCUT2D eigenvalue weighted by molar-refractivity contribution is 0.102. The van der Waals surface area contributed by atoms with Crippen molar-refractivity contribution in [2.45, 2.75) is 6.92 Å². The third kappa shape index (κ3) is 4.26. The van der Waals surface area contributed by atoms with Crippen LogP contribution in [0.25, 0.3) is 0 Å². The Balaban J connectivity index is 1.69. The number of nitrogens with one attached hydrogen (secondary N) is 1. The third-order valence-electron chi connectivity index (χ3n) is 4.56. The van der Waals surface area contributed by atoms with E-state index in [1.165, 1.54) is 0 Å². The van der Waals surface area contributed by atoms with Gasteiger partial charge in [-0.15, -0.1) is 0 Å². The van der Waals surface area contributed by atoms with Gasteiger partial charge in [-0.1, -0.05) is 18.5 Å². The number of aromatic nitrogens is 1. The Kier molecular flexibility index (Phi) is 5.96. The Labute approximate surface area is 158 Å². The number of anilines is 2. The first-order valence-electron chi connectivity index (χ1n) is 8.69. The number of hydrogen-bond donors (Lipinski definition) is 1. The van der Waals surface area contributed by atoms with Crippen molar-refractivity contribution in [2.75, 3.05) is 50.1 Å². The maximum absolute atomic E-state index is 12.6. The molecule has 0 atom stereocenters. The van der Waals surface area contributed by atoms with Crippen molar-refractivity contribution in [3.8, 4) is 5.75 Å². The molecule has 26 heavy (non-hydrogen) atoms. The Morgan fingerprint density at radius 2 is 2.00 bits per heavy atom. The number of amides is 1. The number of benzene rings is 1. The molecule has 0 unspecified atom stereocenters. The fourth-order valence-corrected chi connectivity index (χ4v) is 3.23. The quantitative estimate of drug-likeness (QED) is 0.871. The number of rotatable bonds is 5. The molecule has 1 aliphatic rings. The zero-order chi connectivity index (χ0) is 18.5. The molecule has 0 spiro atoms. The number of carbonyl (C=O) groups excluding carboxylic acids is 1. The van der Waals surface area contributed by atoms with Crippen LogP contribution in [0.3, 0.4) is 0 Å². The predicted molar refractivity (Wildman–Crippen MR) is 105 cm³/mol. The highest BCUT2D eigenvalue weighted by Crippen LogP contribution is 2.27. The van der Waals surface area contributed by atoms with Crippen molar-refractivity contribution in [3.63, 3.8) is 0 Å². The minimum absolute atomic E-state index is 0.193. The molecule has 1 aromatic carbocycles. The number of likely N-dealkylation sites (N-methyl/N-ethyl adjacent to an activating group) is 1. The Morgan fingerprint density at radius 3 is 2.65 bits per heavy atom. The summed E-state index contributed by atoms with van der Waals surface area (Å²) in [5.74, 6) is 1.21. The summed E-state index contributed by atoms with van der Waals surface area (Å²) in [7, 11) is 1.55. The van der Waals surface area contributed by atoms with Crippen LogP contribution in [0.15, 0.2) is 36.5 Å². The van der Waals surface area contributed by atoms with E-state index in [4.69, 9.17) is 16.3 Å². The molecule has 0 aliphatic carbocycles. The van der Waals surface area contributed by atoms with Crippen LogP contribution in [0.5, 0.6) is 5.75 Å². The maximum atomic E-state index is 12.6. The molecule has 1 aliphatic heterocycles. The van der Waals surface area contributed by atoms with Crippen LogP contribution in [0.4, 0.5) is 11.5 Å². The molecule has 3 rings (SSSR count). The fourth-order valence-electron chi connectivity index (χ4n) is 2.97. The normalized spacial score (nSPS) is 15.0. The van der Waals surface area contributed by atoms with Crippen molar-refractivity contribution in [1.29, 1.82) is 0 Å². The van der Waals surface area contributed by atoms with Crippen molar-refractivity contribution in [1.82, 2.24) is 9.88 Å². The molecule has 2 aromatic rings. The van der Waals surface area contributed by atoms with Gasteiger partial charge in [0.25, 0.3) is 5.91 Å². The van der Waals surface area contributed by atoms with E-state index >= 15 is 0 Å². The lowest BCUT2D eigenvalue weighted by atomic mass is 10.2. The Hall–Kier alpha value is -2.31. The standard InChI is InChI=1S/C19H23ClN4O2/c1-3-23-8-10-24(11-9-23)18-12-14(6-7-21-18)19(25)22-15-4-5-17(26-2)16(20)13-15/h4-7,12-13H,3,8-11H2,1-2H3,(H,22,25). The summed E-state index contributed by atoms with van der Waals surface area (Å²) >= 11 is 6.11. The first-order chi connectivity index (χ1) is 12.6. The van der Waals surface area contributed by atoms with Crippen LogP contribution in [0.1, 0.15) is 17.3 Å². The summed E-state index contributed by atoms with van der Waals surface area (Å²) in [4.78, 5) is 21.6. The van der Waals surface area contributed by atoms with Gasteiger partial charge in [0.05, 0.1) is 12.1 Å². The topological polar surface area (TPSA) is 57.7 Å². The van der Waals surface area contributed by atoms with E-state index in [0.29, 0.717) is 22.0 Å². The maximum Gasteiger partial charge on any atom is 0.255 e. The largest absolute Gasteiger partial charge is 0.495 e. The summed E-state index contributed by atoms with van der Waals surface area (Å²) in [5, 5.41) is 3.32. The van der Waals surface area contributed by atoms with Gasteiger partial charge in [-0.3, -0.25) is 4.79 Å². The minimum Gasteiger partial charge on any atom is -0.495 e. The molecule has 1 saturated heterocycles. The summed E-state index contributed by atoms with van der Waals surface area (Å²) in [5.41, 5.74) is 1.19. The number of nitrogens with zero attached hydrogens (tertiary/aromatic N) is 3. The van der Waals surface area contributed by atoms with Gasteiger partial charge >= 0.3 is 0 Å². The second-order valence-corrected chi connectivity index (χ2v) is 6.53. The van der Waals surface area contributed by atoms with E-state index in [-0.39, 0.29) is 5.91 Å². The van der Waals surface area contributed by atoms with E-state index in [9.17, 15) is 4.79 Å². The van der Waals surface area contributed by atoms with E-state index < -0.39 is 0 Å². The van der Waals surface area contributed by atoms with E-state index in [1.807, 2.05) is 6.07 Å². The van der Waals surface area contributed by atoms with E-state index in [1.54, 1.807) is 37.6 Å². The number of methoxy groups -OCH3 is 1. The first kappa shape index (κ1) is 18.5. The van der Waals surface area contributed by atoms with Crippen LogP contribution in [-0.4, -0.2) is 55.6 Å². The van der Waals surface area contributed by atoms with Crippen LogP contribution in [0.2, 0.25) is 5.02 Å². The van der Waals surface area contributed by atoms with Crippen LogP contribution >= 0.6 is 11.6 Å². The second kappa shape index (κ2) is 8.38. The first-order valence-corrected chi connectivity index (χ1v) is 9.06. The average Bonchev–Trinajstić information content (AvgIpc) is 2.68. The number of carbonyl (C=O) groups is 1. The van der Waals surface area contributed by atoms with Crippen LogP contribution in [-0.2, 0) is 0 Å². The SMILES string of the molecule is CCN1CCN(c2cc(C(=O)Nc3ccc(OC)c(Cl)c3)ccn2)CC1. The van der Waals surface area contributed by atoms with Crippen LogP contribution < -0.4 is 15.0 Å². The fraction of sp³-hybridized carbons (Fsp3) is 0.368. The molecule has 1 fully saturated rings. The highest BCUT2D eigenvalue weighted by Gasteiger charge is 2.18. The molecule has 1 N–H and O–H groups in total. The van der Waals surface area contributed by atoms with E-state index in [2.05, 4.69) is 27.0 Å². The van der Waals surface area contributed by atoms with Gasteiger partial charge < -0.3 is 19.9 Å². The lowest BCUT2D eigenvalue weighted by Gasteiger charge is -2.34. The number of hydrogen-bond acceptors (Lipinski definition) is 5. The summed E-state index contributed by atoms with van der Waals surface area (Å²) < 4.78 is 5.13. The molecule has 1 amide bonds. The van der Waals surface area contributed by atoms with Crippen molar-refractivity contribution >= 4 is 29.0 Å². The molecule has 0 radical (unpaired) electrons. The van der Waals surface area contributed by atoms with Gasteiger partial charge in [-0.05, 0) is 36.9 Å². The molecule has 2 heterocycles. The Morgan fingerprint density at radius 1 is 1.23 bits per heavy atom. The van der Waals surface area contributed by atoms with Crippen LogP contribution in [0, 0.1) is 0 Å². The number of piperazine rings is 1. The van der Waals surface area contributed by atoms with Gasteiger partial charge in [0.15, 0.2) is 0 Å². The van der Waals surface area contributed by atoms with Crippen molar-refractivity contribution in [2.24, 2.45) is 0 Å². The smallest absolute Gasteiger partial charge is 0.255 e. The molecule has 1 aromatic heterocycles. The number of pyridine rings is 1. The van der Waals surface area contributed by atoms with Gasteiger partial charge in [0.2, 0.25) is 0 Å². The molecule has 0 saturated carbocycles. The highest BCUT2D eigenvalue weighted by molar-refractivity contribution is 6.32. The molecular formula is C19H23ClN4O2. The van der Waals surface area contributed by atoms with Gasteiger partial charge in [0.1, 0.15) is 11.6 Å². The molecular weight excluding hydrogens is 352 g/mol. The zero-order valence-corrected chi connectivity index (χ0v) is 15.8. The lowest BCUT2D eigenvalue weighted by Crippen LogP contribution is -2.46. The number of ether oxygens (including phenoxy) is 1. The van der Waals surface area contributed by atoms with Gasteiger partial charge in [-0.25, -0.2) is 4.98 Å². The summed E-state index contributed by atoms with van der Waals surface area (Å²) in [6.45, 7) is 7.09. The number of halogens is 1. The van der Waals surface area contributed by atoms with Crippen molar-refractivity contribution in [3.05, 3.63) is 47.1 Å². The predicted octanol–water partition coefficient (Wildman–Crippen LogP) is 3.14. The summed E-state index contributed by atoms with van der Waals surface area (Å²) in [6.07, 6.45) is 1.68. The van der Waals surface area contributed by atoms with Gasteiger partial charge in [-0.2, -0.15) is 0 Å². The highest BCUT2D eigenvalue weighted by atomic mass is 35.5. The minimum atomic E-state index is -0.193. The third-order valence-corrected chi connectivity index (χ3v) is 4.86. The summed E-state index contributed by atoms with van der Waals surface area (Å²) in [6, 6.07) is 8.70. The van der Waals surface area contributed by atoms with Crippen molar-refractivity contribution < 1.29 is 9.53 Å². The van der Waals surface area contributed by atoms with Gasteiger partial charge in [0, 0.05) is 43.6 Å². The Bertz CT molecular complexity index is 776. The molecule has 138 valence electrons. The molecule has 7 heteroatoms.